The zero-order chi connectivity index (χ0) is 23.4. The molecule has 0 aliphatic heterocycles. The standard InChI is InChI=1S/C26H25BrN4O2/c1-18(24-28-22-14-8-6-12-20(22)25(32)30(24)2)31(17-16-19-10-4-3-5-11-19)26(33)29-23-15-9-7-13-21(23)27/h3-15,18H,16-17H2,1-2H3,(H,29,33). The van der Waals surface area contributed by atoms with Crippen LogP contribution in [0, 0.1) is 0 Å². The molecule has 1 N–H and O–H groups in total. The highest BCUT2D eigenvalue weighted by atomic mass is 79.9. The van der Waals surface area contributed by atoms with Crippen molar-refractivity contribution < 1.29 is 4.79 Å². The van der Waals surface area contributed by atoms with Crippen molar-refractivity contribution in [1.29, 1.82) is 0 Å². The maximum absolute atomic E-state index is 13.4. The van der Waals surface area contributed by atoms with E-state index in [0.29, 0.717) is 35.4 Å². The van der Waals surface area contributed by atoms with Crippen molar-refractivity contribution in [3.8, 4) is 0 Å². The number of hydrogen-bond donors (Lipinski definition) is 1. The fourth-order valence-electron chi connectivity index (χ4n) is 3.86. The topological polar surface area (TPSA) is 67.2 Å². The molecule has 4 aromatic rings. The minimum atomic E-state index is -0.432. The average Bonchev–Trinajstić information content (AvgIpc) is 2.83. The molecule has 1 aromatic heterocycles. The number of aromatic nitrogens is 2. The summed E-state index contributed by atoms with van der Waals surface area (Å²) < 4.78 is 2.33. The predicted molar refractivity (Wildman–Crippen MR) is 135 cm³/mol. The van der Waals surface area contributed by atoms with Gasteiger partial charge in [-0.3, -0.25) is 9.36 Å². The van der Waals surface area contributed by atoms with Crippen LogP contribution < -0.4 is 10.9 Å². The average molecular weight is 505 g/mol. The van der Waals surface area contributed by atoms with Gasteiger partial charge in [0.1, 0.15) is 5.82 Å². The zero-order valence-electron chi connectivity index (χ0n) is 18.5. The molecule has 0 spiro atoms. The number of para-hydroxylation sites is 2. The van der Waals surface area contributed by atoms with Crippen molar-refractivity contribution in [2.45, 2.75) is 19.4 Å². The van der Waals surface area contributed by atoms with E-state index in [2.05, 4.69) is 21.2 Å². The first-order valence-corrected chi connectivity index (χ1v) is 11.6. The summed E-state index contributed by atoms with van der Waals surface area (Å²) in [7, 11) is 1.70. The maximum atomic E-state index is 13.4. The molecular formula is C26H25BrN4O2. The molecule has 0 bridgehead atoms. The highest BCUT2D eigenvalue weighted by molar-refractivity contribution is 9.10. The number of benzene rings is 3. The van der Waals surface area contributed by atoms with Gasteiger partial charge in [-0.25, -0.2) is 9.78 Å². The number of anilines is 1. The van der Waals surface area contributed by atoms with Crippen LogP contribution in [0.1, 0.15) is 24.4 Å². The van der Waals surface area contributed by atoms with Crippen LogP contribution in [0.3, 0.4) is 0 Å². The van der Waals surface area contributed by atoms with Crippen molar-refractivity contribution in [2.75, 3.05) is 11.9 Å². The molecule has 0 saturated carbocycles. The summed E-state index contributed by atoms with van der Waals surface area (Å²) in [6.45, 7) is 2.37. The van der Waals surface area contributed by atoms with Gasteiger partial charge in [-0.15, -0.1) is 0 Å². The molecule has 0 saturated heterocycles. The Kier molecular flexibility index (Phi) is 6.89. The Balaban J connectivity index is 1.69. The van der Waals surface area contributed by atoms with Gasteiger partial charge < -0.3 is 10.2 Å². The molecule has 0 radical (unpaired) electrons. The highest BCUT2D eigenvalue weighted by Gasteiger charge is 2.26. The normalized spacial score (nSPS) is 11.8. The van der Waals surface area contributed by atoms with E-state index in [1.165, 1.54) is 4.57 Å². The van der Waals surface area contributed by atoms with E-state index in [4.69, 9.17) is 4.98 Å². The van der Waals surface area contributed by atoms with Crippen LogP contribution in [-0.2, 0) is 13.5 Å². The third-order valence-electron chi connectivity index (χ3n) is 5.72. The van der Waals surface area contributed by atoms with Crippen molar-refractivity contribution in [3.05, 3.63) is 105 Å². The summed E-state index contributed by atoms with van der Waals surface area (Å²) in [5.41, 5.74) is 2.30. The zero-order valence-corrected chi connectivity index (χ0v) is 20.1. The number of amides is 2. The second-order valence-electron chi connectivity index (χ2n) is 7.87. The van der Waals surface area contributed by atoms with Crippen LogP contribution in [0.5, 0.6) is 0 Å². The molecule has 0 fully saturated rings. The Bertz CT molecular complexity index is 1340. The molecular weight excluding hydrogens is 480 g/mol. The van der Waals surface area contributed by atoms with Gasteiger partial charge in [-0.1, -0.05) is 54.6 Å². The summed E-state index contributed by atoms with van der Waals surface area (Å²) in [4.78, 5) is 32.9. The third kappa shape index (κ3) is 4.98. The number of halogens is 1. The van der Waals surface area contributed by atoms with Gasteiger partial charge in [-0.2, -0.15) is 0 Å². The van der Waals surface area contributed by atoms with E-state index in [0.717, 1.165) is 10.0 Å². The van der Waals surface area contributed by atoms with E-state index in [1.54, 1.807) is 18.0 Å². The Labute approximate surface area is 201 Å². The SMILES string of the molecule is CC(c1nc2ccccc2c(=O)n1C)N(CCc1ccccc1)C(=O)Nc1ccccc1Br. The quantitative estimate of drug-likeness (QED) is 0.375. The predicted octanol–water partition coefficient (Wildman–Crippen LogP) is 5.53. The first-order valence-electron chi connectivity index (χ1n) is 10.8. The summed E-state index contributed by atoms with van der Waals surface area (Å²) >= 11 is 3.49. The monoisotopic (exact) mass is 504 g/mol. The minimum absolute atomic E-state index is 0.128. The molecule has 1 heterocycles. The first-order chi connectivity index (χ1) is 16.0. The fourth-order valence-corrected chi connectivity index (χ4v) is 4.25. The van der Waals surface area contributed by atoms with Crippen LogP contribution >= 0.6 is 15.9 Å². The molecule has 4 rings (SSSR count). The van der Waals surface area contributed by atoms with Crippen LogP contribution in [0.4, 0.5) is 10.5 Å². The van der Waals surface area contributed by atoms with Gasteiger partial charge in [0.2, 0.25) is 0 Å². The number of urea groups is 1. The lowest BCUT2D eigenvalue weighted by Gasteiger charge is -2.30. The van der Waals surface area contributed by atoms with Gasteiger partial charge in [-0.05, 0) is 59.1 Å². The summed E-state index contributed by atoms with van der Waals surface area (Å²) in [5, 5.41) is 3.55. The van der Waals surface area contributed by atoms with Gasteiger partial charge >= 0.3 is 6.03 Å². The molecule has 168 valence electrons. The smallest absolute Gasteiger partial charge is 0.314 e. The highest BCUT2D eigenvalue weighted by Crippen LogP contribution is 2.25. The van der Waals surface area contributed by atoms with Crippen LogP contribution in [0.25, 0.3) is 10.9 Å². The van der Waals surface area contributed by atoms with E-state index >= 15 is 0 Å². The molecule has 6 nitrogen and oxygen atoms in total. The lowest BCUT2D eigenvalue weighted by atomic mass is 10.1. The molecule has 2 amide bonds. The molecule has 7 heteroatoms. The minimum Gasteiger partial charge on any atom is -0.314 e. The molecule has 1 atom stereocenters. The second kappa shape index (κ2) is 10.0. The first kappa shape index (κ1) is 22.7. The Morgan fingerprint density at radius 1 is 1.03 bits per heavy atom. The summed E-state index contributed by atoms with van der Waals surface area (Å²) in [6.07, 6.45) is 0.677. The summed E-state index contributed by atoms with van der Waals surface area (Å²) in [6, 6.07) is 24.1. The Morgan fingerprint density at radius 3 is 2.45 bits per heavy atom. The number of nitrogens with one attached hydrogen (secondary N) is 1. The summed E-state index contributed by atoms with van der Waals surface area (Å²) in [5.74, 6) is 0.536. The third-order valence-corrected chi connectivity index (χ3v) is 6.41. The molecule has 3 aromatic carbocycles. The number of nitrogens with zero attached hydrogens (tertiary/aromatic N) is 3. The van der Waals surface area contributed by atoms with Crippen LogP contribution in [0.15, 0.2) is 88.1 Å². The maximum Gasteiger partial charge on any atom is 0.322 e. The van der Waals surface area contributed by atoms with Crippen molar-refractivity contribution in [3.63, 3.8) is 0 Å². The number of fused-ring (bicyclic) bond motifs is 1. The number of hydrogen-bond acceptors (Lipinski definition) is 3. The lowest BCUT2D eigenvalue weighted by Crippen LogP contribution is -2.41. The van der Waals surface area contributed by atoms with Gasteiger partial charge in [0.25, 0.3) is 5.56 Å². The Hall–Kier alpha value is -3.45. The number of rotatable bonds is 6. The van der Waals surface area contributed by atoms with E-state index < -0.39 is 6.04 Å². The van der Waals surface area contributed by atoms with Gasteiger partial charge in [0.05, 0.1) is 22.6 Å². The fraction of sp³-hybridized carbons (Fsp3) is 0.192. The van der Waals surface area contributed by atoms with Crippen molar-refractivity contribution in [1.82, 2.24) is 14.5 Å². The van der Waals surface area contributed by atoms with Crippen molar-refractivity contribution in [2.24, 2.45) is 7.05 Å². The van der Waals surface area contributed by atoms with E-state index in [1.807, 2.05) is 79.7 Å². The molecule has 33 heavy (non-hydrogen) atoms. The van der Waals surface area contributed by atoms with Crippen LogP contribution in [-0.4, -0.2) is 27.0 Å². The largest absolute Gasteiger partial charge is 0.322 e. The molecule has 0 aliphatic rings. The Morgan fingerprint density at radius 2 is 1.70 bits per heavy atom. The number of carbonyl (C=O) groups excluding carboxylic acids is 1. The number of carbonyl (C=O) groups is 1. The van der Waals surface area contributed by atoms with Gasteiger partial charge in [0, 0.05) is 18.1 Å². The van der Waals surface area contributed by atoms with Crippen molar-refractivity contribution >= 4 is 38.6 Å². The van der Waals surface area contributed by atoms with E-state index in [-0.39, 0.29) is 11.6 Å². The molecule has 1 unspecified atom stereocenters. The van der Waals surface area contributed by atoms with E-state index in [9.17, 15) is 9.59 Å². The van der Waals surface area contributed by atoms with Crippen LogP contribution in [0.2, 0.25) is 0 Å². The lowest BCUT2D eigenvalue weighted by molar-refractivity contribution is 0.189. The second-order valence-corrected chi connectivity index (χ2v) is 8.72. The van der Waals surface area contributed by atoms with Gasteiger partial charge in [0.15, 0.2) is 0 Å². The molecule has 0 aliphatic carbocycles.